The van der Waals surface area contributed by atoms with Crippen molar-refractivity contribution in [3.05, 3.63) is 24.5 Å². The van der Waals surface area contributed by atoms with Crippen molar-refractivity contribution in [1.29, 1.82) is 0 Å². The summed E-state index contributed by atoms with van der Waals surface area (Å²) in [5.74, 6) is 2.44. The Morgan fingerprint density at radius 3 is 2.24 bits per heavy atom. The molecule has 0 bridgehead atoms. The monoisotopic (exact) mass is 291 g/mol. The second-order valence-corrected chi connectivity index (χ2v) is 7.14. The molecule has 1 aromatic heterocycles. The van der Waals surface area contributed by atoms with Gasteiger partial charge >= 0.3 is 0 Å². The normalized spacial score (nSPS) is 17.6. The van der Waals surface area contributed by atoms with E-state index < -0.39 is 0 Å². The van der Waals surface area contributed by atoms with Crippen LogP contribution in [0.3, 0.4) is 0 Å². The minimum absolute atomic E-state index is 0.384. The number of likely N-dealkylation sites (tertiary alicyclic amines) is 1. The van der Waals surface area contributed by atoms with E-state index >= 15 is 0 Å². The standard InChI is InChI=1S/C18H31N2O/c1-15(2)13-19-9-5-17(6-10-19)21-18-7-11-20(12-8-18)14-16(3)4/h5-6,9-10,15-16,18H,7-8,11-14H2,1-4H3/q+1. The number of rotatable bonds is 6. The predicted molar refractivity (Wildman–Crippen MR) is 86.4 cm³/mol. The zero-order chi connectivity index (χ0) is 15.2. The lowest BCUT2D eigenvalue weighted by Gasteiger charge is -2.33. The van der Waals surface area contributed by atoms with Gasteiger partial charge in [0, 0.05) is 37.7 Å². The van der Waals surface area contributed by atoms with Crippen molar-refractivity contribution in [2.75, 3.05) is 19.6 Å². The highest BCUT2D eigenvalue weighted by atomic mass is 16.5. The molecule has 0 N–H and O–H groups in total. The average molecular weight is 291 g/mol. The fourth-order valence-electron chi connectivity index (χ4n) is 2.98. The van der Waals surface area contributed by atoms with Gasteiger partial charge in [-0.15, -0.1) is 0 Å². The number of ether oxygens (including phenoxy) is 1. The van der Waals surface area contributed by atoms with E-state index in [1.54, 1.807) is 0 Å². The molecule has 0 aliphatic carbocycles. The maximum Gasteiger partial charge on any atom is 0.172 e. The number of pyridine rings is 1. The van der Waals surface area contributed by atoms with Gasteiger partial charge in [-0.05, 0) is 18.8 Å². The van der Waals surface area contributed by atoms with Crippen LogP contribution >= 0.6 is 0 Å². The largest absolute Gasteiger partial charge is 0.490 e. The molecule has 1 fully saturated rings. The first kappa shape index (κ1) is 16.3. The van der Waals surface area contributed by atoms with E-state index in [4.69, 9.17) is 4.74 Å². The van der Waals surface area contributed by atoms with Crippen molar-refractivity contribution in [3.63, 3.8) is 0 Å². The third-order valence-electron chi connectivity index (χ3n) is 3.90. The Kier molecular flexibility index (Phi) is 6.04. The molecule has 0 unspecified atom stereocenters. The minimum Gasteiger partial charge on any atom is -0.490 e. The van der Waals surface area contributed by atoms with Gasteiger partial charge in [0.2, 0.25) is 0 Å². The third kappa shape index (κ3) is 5.66. The smallest absolute Gasteiger partial charge is 0.172 e. The lowest BCUT2D eigenvalue weighted by Crippen LogP contribution is -2.40. The molecule has 118 valence electrons. The summed E-state index contributed by atoms with van der Waals surface area (Å²) in [7, 11) is 0. The Morgan fingerprint density at radius 1 is 1.10 bits per heavy atom. The zero-order valence-electron chi connectivity index (χ0n) is 14.1. The first-order chi connectivity index (χ1) is 10.0. The number of hydrogen-bond acceptors (Lipinski definition) is 2. The molecule has 0 spiro atoms. The van der Waals surface area contributed by atoms with Gasteiger partial charge in [0.25, 0.3) is 0 Å². The summed E-state index contributed by atoms with van der Waals surface area (Å²) in [4.78, 5) is 2.56. The van der Waals surface area contributed by atoms with Gasteiger partial charge in [0.15, 0.2) is 18.9 Å². The Labute approximate surface area is 129 Å². The zero-order valence-corrected chi connectivity index (χ0v) is 14.1. The van der Waals surface area contributed by atoms with Crippen LogP contribution in [-0.4, -0.2) is 30.6 Å². The molecule has 0 saturated carbocycles. The fourth-order valence-corrected chi connectivity index (χ4v) is 2.98. The van der Waals surface area contributed by atoms with Crippen LogP contribution in [-0.2, 0) is 6.54 Å². The lowest BCUT2D eigenvalue weighted by atomic mass is 10.1. The quantitative estimate of drug-likeness (QED) is 0.749. The summed E-state index contributed by atoms with van der Waals surface area (Å²) >= 11 is 0. The van der Waals surface area contributed by atoms with Crippen molar-refractivity contribution in [3.8, 4) is 5.75 Å². The minimum atomic E-state index is 0.384. The highest BCUT2D eigenvalue weighted by molar-refractivity contribution is 5.15. The molecule has 0 aromatic carbocycles. The molecule has 2 heterocycles. The van der Waals surface area contributed by atoms with Crippen molar-refractivity contribution in [2.45, 2.75) is 53.2 Å². The molecular weight excluding hydrogens is 260 g/mol. The second kappa shape index (κ2) is 7.79. The van der Waals surface area contributed by atoms with Gasteiger partial charge in [0.05, 0.1) is 0 Å². The molecule has 1 aliphatic heterocycles. The summed E-state index contributed by atoms with van der Waals surface area (Å²) in [5.41, 5.74) is 0. The first-order valence-corrected chi connectivity index (χ1v) is 8.41. The van der Waals surface area contributed by atoms with Gasteiger partial charge < -0.3 is 9.64 Å². The molecule has 1 aromatic rings. The molecule has 2 rings (SSSR count). The van der Waals surface area contributed by atoms with Gasteiger partial charge in [0.1, 0.15) is 11.9 Å². The van der Waals surface area contributed by atoms with E-state index in [2.05, 4.69) is 61.7 Å². The van der Waals surface area contributed by atoms with E-state index in [0.29, 0.717) is 12.0 Å². The highest BCUT2D eigenvalue weighted by Crippen LogP contribution is 2.18. The van der Waals surface area contributed by atoms with Crippen LogP contribution in [0.5, 0.6) is 5.75 Å². The van der Waals surface area contributed by atoms with Gasteiger partial charge in [-0.25, -0.2) is 4.57 Å². The van der Waals surface area contributed by atoms with Crippen molar-refractivity contribution >= 4 is 0 Å². The lowest BCUT2D eigenvalue weighted by molar-refractivity contribution is -0.702. The SMILES string of the molecule is CC(C)CN1CCC(Oc2cc[n+](CC(C)C)cc2)CC1. The van der Waals surface area contributed by atoms with Crippen LogP contribution in [0.2, 0.25) is 0 Å². The van der Waals surface area contributed by atoms with Crippen LogP contribution < -0.4 is 9.30 Å². The molecule has 1 aliphatic rings. The van der Waals surface area contributed by atoms with E-state index in [1.807, 2.05) is 0 Å². The number of hydrogen-bond donors (Lipinski definition) is 0. The van der Waals surface area contributed by atoms with E-state index in [0.717, 1.165) is 31.1 Å². The Morgan fingerprint density at radius 2 is 1.71 bits per heavy atom. The maximum absolute atomic E-state index is 6.13. The summed E-state index contributed by atoms with van der Waals surface area (Å²) in [5, 5.41) is 0. The van der Waals surface area contributed by atoms with Crippen LogP contribution in [0.4, 0.5) is 0 Å². The topological polar surface area (TPSA) is 16.4 Å². The summed E-state index contributed by atoms with van der Waals surface area (Å²) in [6, 6.07) is 4.20. The predicted octanol–water partition coefficient (Wildman–Crippen LogP) is 3.13. The van der Waals surface area contributed by atoms with Crippen molar-refractivity contribution in [2.24, 2.45) is 11.8 Å². The average Bonchev–Trinajstić information content (AvgIpc) is 2.42. The Bertz CT molecular complexity index is 406. The van der Waals surface area contributed by atoms with Gasteiger partial charge in [-0.2, -0.15) is 0 Å². The molecule has 1 saturated heterocycles. The number of aromatic nitrogens is 1. The Balaban J connectivity index is 1.78. The van der Waals surface area contributed by atoms with E-state index in [1.165, 1.54) is 19.6 Å². The summed E-state index contributed by atoms with van der Waals surface area (Å²) in [6.45, 7) is 13.7. The molecule has 3 nitrogen and oxygen atoms in total. The first-order valence-electron chi connectivity index (χ1n) is 8.41. The maximum atomic E-state index is 6.13. The van der Waals surface area contributed by atoms with E-state index in [-0.39, 0.29) is 0 Å². The second-order valence-electron chi connectivity index (χ2n) is 7.14. The summed E-state index contributed by atoms with van der Waals surface area (Å²) in [6.07, 6.45) is 6.93. The van der Waals surface area contributed by atoms with Gasteiger partial charge in [-0.1, -0.05) is 27.7 Å². The fraction of sp³-hybridized carbons (Fsp3) is 0.722. The number of nitrogens with zero attached hydrogens (tertiary/aromatic N) is 2. The number of piperidine rings is 1. The molecule has 21 heavy (non-hydrogen) atoms. The molecule has 3 heteroatoms. The third-order valence-corrected chi connectivity index (χ3v) is 3.90. The molecule has 0 amide bonds. The molecule has 0 atom stereocenters. The summed E-state index contributed by atoms with van der Waals surface area (Å²) < 4.78 is 8.35. The van der Waals surface area contributed by atoms with Crippen LogP contribution in [0, 0.1) is 11.8 Å². The van der Waals surface area contributed by atoms with Crippen LogP contribution in [0.25, 0.3) is 0 Å². The molecule has 0 radical (unpaired) electrons. The van der Waals surface area contributed by atoms with Crippen molar-refractivity contribution < 1.29 is 9.30 Å². The van der Waals surface area contributed by atoms with Crippen LogP contribution in [0.15, 0.2) is 24.5 Å². The van der Waals surface area contributed by atoms with Crippen molar-refractivity contribution in [1.82, 2.24) is 4.90 Å². The van der Waals surface area contributed by atoms with E-state index in [9.17, 15) is 0 Å². The highest BCUT2D eigenvalue weighted by Gasteiger charge is 2.21. The Hall–Kier alpha value is -1.09. The molecular formula is C18H31N2O+. The van der Waals surface area contributed by atoms with Gasteiger partial charge in [-0.3, -0.25) is 0 Å². The van der Waals surface area contributed by atoms with Crippen LogP contribution in [0.1, 0.15) is 40.5 Å².